The minimum Gasteiger partial charge on any atom is -0.310 e. The van der Waals surface area contributed by atoms with E-state index in [1.165, 1.54) is 62.9 Å². The number of aromatic nitrogens is 1. The SMILES string of the molecule is CCC1CCCN(Cc2ccc(CNC3CC3)cn2)CC1. The van der Waals surface area contributed by atoms with Crippen LogP contribution in [0.1, 0.15) is 56.7 Å². The molecule has 2 aliphatic rings. The zero-order valence-electron chi connectivity index (χ0n) is 13.4. The highest BCUT2D eigenvalue weighted by Crippen LogP contribution is 2.21. The molecular formula is C18H29N3. The zero-order chi connectivity index (χ0) is 14.5. The molecule has 1 aliphatic carbocycles. The summed E-state index contributed by atoms with van der Waals surface area (Å²) in [6.45, 7) is 6.80. The molecule has 1 N–H and O–H groups in total. The Morgan fingerprint density at radius 3 is 2.81 bits per heavy atom. The number of pyridine rings is 1. The van der Waals surface area contributed by atoms with Crippen molar-refractivity contribution in [1.82, 2.24) is 15.2 Å². The number of nitrogens with zero attached hydrogens (tertiary/aromatic N) is 2. The van der Waals surface area contributed by atoms with Crippen LogP contribution in [0.25, 0.3) is 0 Å². The maximum Gasteiger partial charge on any atom is 0.0544 e. The van der Waals surface area contributed by atoms with E-state index < -0.39 is 0 Å². The van der Waals surface area contributed by atoms with Crippen LogP contribution in [0.4, 0.5) is 0 Å². The van der Waals surface area contributed by atoms with E-state index in [0.717, 1.165) is 25.0 Å². The maximum absolute atomic E-state index is 4.66. The van der Waals surface area contributed by atoms with Gasteiger partial charge in [-0.25, -0.2) is 0 Å². The summed E-state index contributed by atoms with van der Waals surface area (Å²) >= 11 is 0. The summed E-state index contributed by atoms with van der Waals surface area (Å²) in [7, 11) is 0. The number of hydrogen-bond acceptors (Lipinski definition) is 3. The average molecular weight is 287 g/mol. The van der Waals surface area contributed by atoms with Gasteiger partial charge < -0.3 is 5.32 Å². The van der Waals surface area contributed by atoms with Crippen molar-refractivity contribution < 1.29 is 0 Å². The third-order valence-corrected chi connectivity index (χ3v) is 4.96. The molecule has 3 heteroatoms. The van der Waals surface area contributed by atoms with E-state index >= 15 is 0 Å². The Hall–Kier alpha value is -0.930. The average Bonchev–Trinajstić information content (AvgIpc) is 3.34. The minimum atomic E-state index is 0.772. The van der Waals surface area contributed by atoms with Crippen molar-refractivity contribution >= 4 is 0 Å². The van der Waals surface area contributed by atoms with E-state index in [-0.39, 0.29) is 0 Å². The van der Waals surface area contributed by atoms with Gasteiger partial charge in [-0.15, -0.1) is 0 Å². The van der Waals surface area contributed by atoms with E-state index in [1.54, 1.807) is 0 Å². The highest BCUT2D eigenvalue weighted by molar-refractivity contribution is 5.14. The Balaban J connectivity index is 1.47. The van der Waals surface area contributed by atoms with E-state index in [1.807, 2.05) is 0 Å². The molecule has 0 radical (unpaired) electrons. The van der Waals surface area contributed by atoms with Crippen LogP contribution in [0.2, 0.25) is 0 Å². The van der Waals surface area contributed by atoms with Crippen LogP contribution < -0.4 is 5.32 Å². The third kappa shape index (κ3) is 4.79. The van der Waals surface area contributed by atoms with Crippen molar-refractivity contribution in [2.75, 3.05) is 13.1 Å². The van der Waals surface area contributed by atoms with E-state index in [2.05, 4.69) is 40.5 Å². The summed E-state index contributed by atoms with van der Waals surface area (Å²) in [6.07, 6.45) is 10.2. The molecule has 1 saturated heterocycles. The quantitative estimate of drug-likeness (QED) is 0.869. The number of likely N-dealkylation sites (tertiary alicyclic amines) is 1. The summed E-state index contributed by atoms with van der Waals surface area (Å²) < 4.78 is 0. The Labute approximate surface area is 129 Å². The molecule has 1 aromatic heterocycles. The lowest BCUT2D eigenvalue weighted by Crippen LogP contribution is -2.25. The summed E-state index contributed by atoms with van der Waals surface area (Å²) in [5, 5.41) is 3.54. The second kappa shape index (κ2) is 7.37. The number of hydrogen-bond donors (Lipinski definition) is 1. The smallest absolute Gasteiger partial charge is 0.0544 e. The lowest BCUT2D eigenvalue weighted by molar-refractivity contribution is 0.269. The van der Waals surface area contributed by atoms with Crippen LogP contribution in [0.5, 0.6) is 0 Å². The van der Waals surface area contributed by atoms with Gasteiger partial charge in [-0.3, -0.25) is 9.88 Å². The van der Waals surface area contributed by atoms with Crippen LogP contribution in [-0.4, -0.2) is 29.0 Å². The molecule has 0 spiro atoms. The molecule has 2 heterocycles. The molecule has 0 aromatic carbocycles. The molecule has 116 valence electrons. The van der Waals surface area contributed by atoms with Crippen LogP contribution in [0, 0.1) is 5.92 Å². The predicted octanol–water partition coefficient (Wildman–Crippen LogP) is 3.35. The van der Waals surface area contributed by atoms with E-state index in [0.29, 0.717) is 0 Å². The topological polar surface area (TPSA) is 28.2 Å². The molecule has 0 amide bonds. The highest BCUT2D eigenvalue weighted by atomic mass is 15.1. The van der Waals surface area contributed by atoms with Crippen molar-refractivity contribution in [1.29, 1.82) is 0 Å². The monoisotopic (exact) mass is 287 g/mol. The molecule has 1 saturated carbocycles. The minimum absolute atomic E-state index is 0.772. The lowest BCUT2D eigenvalue weighted by Gasteiger charge is -2.19. The molecule has 2 fully saturated rings. The van der Waals surface area contributed by atoms with Crippen molar-refractivity contribution in [2.24, 2.45) is 5.92 Å². The number of rotatable bonds is 6. The first-order chi connectivity index (χ1) is 10.3. The molecule has 1 atom stereocenters. The molecule has 1 aliphatic heterocycles. The largest absolute Gasteiger partial charge is 0.310 e. The highest BCUT2D eigenvalue weighted by Gasteiger charge is 2.20. The second-order valence-corrected chi connectivity index (χ2v) is 6.79. The normalized spacial score (nSPS) is 24.0. The zero-order valence-corrected chi connectivity index (χ0v) is 13.4. The molecule has 1 unspecified atom stereocenters. The van der Waals surface area contributed by atoms with Gasteiger partial charge in [0.15, 0.2) is 0 Å². The van der Waals surface area contributed by atoms with Crippen molar-refractivity contribution in [3.8, 4) is 0 Å². The van der Waals surface area contributed by atoms with E-state index in [4.69, 9.17) is 0 Å². The third-order valence-electron chi connectivity index (χ3n) is 4.96. The molecule has 21 heavy (non-hydrogen) atoms. The predicted molar refractivity (Wildman–Crippen MR) is 87.0 cm³/mol. The molecule has 1 aromatic rings. The van der Waals surface area contributed by atoms with Crippen LogP contribution in [0.3, 0.4) is 0 Å². The first-order valence-electron chi connectivity index (χ1n) is 8.73. The van der Waals surface area contributed by atoms with Crippen molar-refractivity contribution in [2.45, 2.75) is 64.6 Å². The van der Waals surface area contributed by atoms with Crippen molar-refractivity contribution in [3.05, 3.63) is 29.6 Å². The van der Waals surface area contributed by atoms with Gasteiger partial charge in [0.25, 0.3) is 0 Å². The lowest BCUT2D eigenvalue weighted by atomic mass is 9.98. The summed E-state index contributed by atoms with van der Waals surface area (Å²) in [5.74, 6) is 0.943. The van der Waals surface area contributed by atoms with Gasteiger partial charge in [-0.05, 0) is 62.7 Å². The van der Waals surface area contributed by atoms with Gasteiger partial charge in [-0.1, -0.05) is 19.4 Å². The van der Waals surface area contributed by atoms with Crippen LogP contribution in [0.15, 0.2) is 18.3 Å². The van der Waals surface area contributed by atoms with Crippen LogP contribution >= 0.6 is 0 Å². The first-order valence-corrected chi connectivity index (χ1v) is 8.73. The summed E-state index contributed by atoms with van der Waals surface area (Å²) in [5.41, 5.74) is 2.53. The Kier molecular flexibility index (Phi) is 5.26. The van der Waals surface area contributed by atoms with E-state index in [9.17, 15) is 0 Å². The Morgan fingerprint density at radius 2 is 2.10 bits per heavy atom. The van der Waals surface area contributed by atoms with Crippen LogP contribution in [-0.2, 0) is 13.1 Å². The number of nitrogens with one attached hydrogen (secondary N) is 1. The maximum atomic E-state index is 4.66. The molecular weight excluding hydrogens is 258 g/mol. The molecule has 3 rings (SSSR count). The summed E-state index contributed by atoms with van der Waals surface area (Å²) in [4.78, 5) is 7.24. The van der Waals surface area contributed by atoms with Gasteiger partial charge in [0, 0.05) is 25.3 Å². The van der Waals surface area contributed by atoms with Gasteiger partial charge in [0.05, 0.1) is 5.69 Å². The van der Waals surface area contributed by atoms with Crippen molar-refractivity contribution in [3.63, 3.8) is 0 Å². The van der Waals surface area contributed by atoms with Gasteiger partial charge in [0.1, 0.15) is 0 Å². The fourth-order valence-electron chi connectivity index (χ4n) is 3.22. The second-order valence-electron chi connectivity index (χ2n) is 6.79. The Bertz CT molecular complexity index is 425. The fourth-order valence-corrected chi connectivity index (χ4v) is 3.22. The first kappa shape index (κ1) is 15.0. The molecule has 0 bridgehead atoms. The summed E-state index contributed by atoms with van der Waals surface area (Å²) in [6, 6.07) is 5.23. The Morgan fingerprint density at radius 1 is 1.19 bits per heavy atom. The van der Waals surface area contributed by atoms with Gasteiger partial charge >= 0.3 is 0 Å². The van der Waals surface area contributed by atoms with Gasteiger partial charge in [-0.2, -0.15) is 0 Å². The fraction of sp³-hybridized carbons (Fsp3) is 0.722. The molecule has 3 nitrogen and oxygen atoms in total. The standard InChI is InChI=1S/C18H29N3/c1-2-15-4-3-10-21(11-9-15)14-18-6-5-16(13-20-18)12-19-17-7-8-17/h5-6,13,15,17,19H,2-4,7-12,14H2,1H3. The van der Waals surface area contributed by atoms with Gasteiger partial charge in [0.2, 0.25) is 0 Å².